The maximum Gasteiger partial charge on any atom is 0.252 e. The van der Waals surface area contributed by atoms with Gasteiger partial charge in [-0.15, -0.1) is 0 Å². The summed E-state index contributed by atoms with van der Waals surface area (Å²) in [7, 11) is 0. The molecule has 0 bridgehead atoms. The molecule has 4 nitrogen and oxygen atoms in total. The lowest BCUT2D eigenvalue weighted by Gasteiger charge is -2.20. The Hall–Kier alpha value is -3.40. The number of hydrogen-bond acceptors (Lipinski definition) is 2. The van der Waals surface area contributed by atoms with Crippen LogP contribution in [0.3, 0.4) is 0 Å². The van der Waals surface area contributed by atoms with Crippen LogP contribution < -0.4 is 10.2 Å². The minimum Gasteiger partial charge on any atom is -0.341 e. The number of carbonyl (C=O) groups is 2. The largest absolute Gasteiger partial charge is 0.341 e. The number of amides is 2. The third-order valence-electron chi connectivity index (χ3n) is 5.38. The number of rotatable bonds is 5. The molecule has 0 saturated heterocycles. The molecule has 0 unspecified atom stereocenters. The van der Waals surface area contributed by atoms with Gasteiger partial charge in [-0.3, -0.25) is 9.59 Å². The van der Waals surface area contributed by atoms with Gasteiger partial charge in [-0.25, -0.2) is 0 Å². The zero-order chi connectivity index (χ0) is 20.2. The van der Waals surface area contributed by atoms with E-state index >= 15 is 0 Å². The number of nitrogens with one attached hydrogen (secondary N) is 1. The molecule has 3 aromatic carbocycles. The lowest BCUT2D eigenvalue weighted by molar-refractivity contribution is -0.118. The molecule has 0 radical (unpaired) electrons. The van der Waals surface area contributed by atoms with Crippen molar-refractivity contribution in [3.63, 3.8) is 0 Å². The average molecular weight is 384 g/mol. The maximum absolute atomic E-state index is 13.1. The van der Waals surface area contributed by atoms with Gasteiger partial charge >= 0.3 is 0 Å². The van der Waals surface area contributed by atoms with Crippen LogP contribution in [0.25, 0.3) is 0 Å². The van der Waals surface area contributed by atoms with E-state index in [9.17, 15) is 9.59 Å². The van der Waals surface area contributed by atoms with Crippen LogP contribution in [0, 0.1) is 0 Å². The van der Waals surface area contributed by atoms with E-state index in [1.807, 2.05) is 90.7 Å². The quantitative estimate of drug-likeness (QED) is 0.704. The van der Waals surface area contributed by atoms with Crippen LogP contribution in [-0.2, 0) is 11.2 Å². The molecule has 1 heterocycles. The number of nitrogens with zero attached hydrogens (tertiary/aromatic N) is 1. The Morgan fingerprint density at radius 3 is 2.14 bits per heavy atom. The van der Waals surface area contributed by atoms with Crippen LogP contribution in [-0.4, -0.2) is 18.4 Å². The van der Waals surface area contributed by atoms with Gasteiger partial charge in [0.1, 0.15) is 0 Å². The highest BCUT2D eigenvalue weighted by Gasteiger charge is 2.25. The number of benzene rings is 3. The summed E-state index contributed by atoms with van der Waals surface area (Å²) in [5.74, 6) is -0.0000510. The fraction of sp³-hybridized carbons (Fsp3) is 0.200. The van der Waals surface area contributed by atoms with Crippen molar-refractivity contribution in [2.75, 3.05) is 11.4 Å². The van der Waals surface area contributed by atoms with Gasteiger partial charge in [0.2, 0.25) is 5.91 Å². The fourth-order valence-electron chi connectivity index (χ4n) is 3.86. The van der Waals surface area contributed by atoms with E-state index < -0.39 is 0 Å². The van der Waals surface area contributed by atoms with Gasteiger partial charge in [0.15, 0.2) is 0 Å². The number of anilines is 1. The molecule has 4 rings (SSSR count). The van der Waals surface area contributed by atoms with Crippen molar-refractivity contribution in [3.05, 3.63) is 101 Å². The van der Waals surface area contributed by atoms with E-state index in [2.05, 4.69) is 5.32 Å². The molecule has 2 amide bonds. The summed E-state index contributed by atoms with van der Waals surface area (Å²) >= 11 is 0. The van der Waals surface area contributed by atoms with Gasteiger partial charge in [-0.1, -0.05) is 67.6 Å². The molecule has 0 aromatic heterocycles. The highest BCUT2D eigenvalue weighted by molar-refractivity contribution is 5.98. The summed E-state index contributed by atoms with van der Waals surface area (Å²) in [4.78, 5) is 27.0. The second-order valence-electron chi connectivity index (χ2n) is 7.22. The van der Waals surface area contributed by atoms with Crippen molar-refractivity contribution in [1.82, 2.24) is 5.32 Å². The molecule has 0 spiro atoms. The van der Waals surface area contributed by atoms with E-state index in [0.29, 0.717) is 18.5 Å². The molecule has 0 saturated carbocycles. The van der Waals surface area contributed by atoms with Crippen LogP contribution in [0.15, 0.2) is 78.9 Å². The Morgan fingerprint density at radius 2 is 1.55 bits per heavy atom. The predicted octanol–water partition coefficient (Wildman–Crippen LogP) is 4.51. The van der Waals surface area contributed by atoms with Crippen molar-refractivity contribution >= 4 is 17.5 Å². The molecular formula is C25H24N2O2. The summed E-state index contributed by atoms with van der Waals surface area (Å²) in [6.45, 7) is 2.55. The van der Waals surface area contributed by atoms with Crippen LogP contribution in [0.4, 0.5) is 5.69 Å². The zero-order valence-electron chi connectivity index (χ0n) is 16.5. The van der Waals surface area contributed by atoms with Crippen molar-refractivity contribution in [1.29, 1.82) is 0 Å². The molecule has 0 fully saturated rings. The fourth-order valence-corrected chi connectivity index (χ4v) is 3.86. The van der Waals surface area contributed by atoms with Gasteiger partial charge in [0, 0.05) is 24.2 Å². The predicted molar refractivity (Wildman–Crippen MR) is 115 cm³/mol. The van der Waals surface area contributed by atoms with Gasteiger partial charge in [0.05, 0.1) is 6.04 Å². The minimum absolute atomic E-state index is 0.120. The van der Waals surface area contributed by atoms with Crippen molar-refractivity contribution in [2.24, 2.45) is 0 Å². The topological polar surface area (TPSA) is 49.4 Å². The Bertz CT molecular complexity index is 976. The van der Waals surface area contributed by atoms with Gasteiger partial charge in [0.25, 0.3) is 5.91 Å². The van der Waals surface area contributed by atoms with Crippen LogP contribution in [0.5, 0.6) is 0 Å². The Labute approximate surface area is 171 Å². The number of carbonyl (C=O) groups excluding carboxylic acids is 2. The van der Waals surface area contributed by atoms with E-state index in [0.717, 1.165) is 28.8 Å². The molecule has 29 heavy (non-hydrogen) atoms. The van der Waals surface area contributed by atoms with Gasteiger partial charge in [-0.2, -0.15) is 0 Å². The Morgan fingerprint density at radius 1 is 0.931 bits per heavy atom. The minimum atomic E-state index is -0.226. The average Bonchev–Trinajstić information content (AvgIpc) is 3.21. The molecular weight excluding hydrogens is 360 g/mol. The first-order chi connectivity index (χ1) is 14.2. The number of hydrogen-bond donors (Lipinski definition) is 1. The lowest BCUT2D eigenvalue weighted by Crippen LogP contribution is -2.29. The smallest absolute Gasteiger partial charge is 0.252 e. The Balaban J connectivity index is 1.60. The lowest BCUT2D eigenvalue weighted by atomic mass is 9.98. The van der Waals surface area contributed by atoms with E-state index in [1.165, 1.54) is 0 Å². The van der Waals surface area contributed by atoms with Crippen LogP contribution >= 0.6 is 0 Å². The standard InChI is InChI=1S/C25H24N2O2/c1-2-23(28)27-16-15-20-17-21(13-14-22(20)27)25(29)26-24(18-9-5-3-6-10-18)19-11-7-4-8-12-19/h3-14,17,24H,2,15-16H2,1H3,(H,26,29). The molecule has 0 aliphatic carbocycles. The monoisotopic (exact) mass is 384 g/mol. The van der Waals surface area contributed by atoms with Gasteiger partial charge < -0.3 is 10.2 Å². The third-order valence-corrected chi connectivity index (χ3v) is 5.38. The molecule has 3 aromatic rings. The maximum atomic E-state index is 13.1. The van der Waals surface area contributed by atoms with E-state index in [4.69, 9.17) is 0 Å². The summed E-state index contributed by atoms with van der Waals surface area (Å²) < 4.78 is 0. The first-order valence-corrected chi connectivity index (χ1v) is 10.0. The molecule has 0 atom stereocenters. The second kappa shape index (κ2) is 8.31. The van der Waals surface area contributed by atoms with Crippen molar-refractivity contribution in [2.45, 2.75) is 25.8 Å². The second-order valence-corrected chi connectivity index (χ2v) is 7.22. The zero-order valence-corrected chi connectivity index (χ0v) is 16.5. The summed E-state index contributed by atoms with van der Waals surface area (Å²) in [6, 6.07) is 25.3. The first kappa shape index (κ1) is 18.9. The third kappa shape index (κ3) is 3.92. The molecule has 1 aliphatic rings. The summed E-state index contributed by atoms with van der Waals surface area (Å²) in [5.41, 5.74) is 4.67. The molecule has 146 valence electrons. The van der Waals surface area contributed by atoms with E-state index in [-0.39, 0.29) is 17.9 Å². The SMILES string of the molecule is CCC(=O)N1CCc2cc(C(=O)NC(c3ccccc3)c3ccccc3)ccc21. The highest BCUT2D eigenvalue weighted by atomic mass is 16.2. The number of fused-ring (bicyclic) bond motifs is 1. The Kier molecular flexibility index (Phi) is 5.43. The van der Waals surface area contributed by atoms with Gasteiger partial charge in [-0.05, 0) is 41.3 Å². The molecule has 1 aliphatic heterocycles. The summed E-state index contributed by atoms with van der Waals surface area (Å²) in [5, 5.41) is 3.18. The molecule has 4 heteroatoms. The highest BCUT2D eigenvalue weighted by Crippen LogP contribution is 2.30. The summed E-state index contributed by atoms with van der Waals surface area (Å²) in [6.07, 6.45) is 1.26. The van der Waals surface area contributed by atoms with E-state index in [1.54, 1.807) is 0 Å². The van der Waals surface area contributed by atoms with Crippen LogP contribution in [0.2, 0.25) is 0 Å². The van der Waals surface area contributed by atoms with Crippen molar-refractivity contribution < 1.29 is 9.59 Å². The van der Waals surface area contributed by atoms with Crippen LogP contribution in [0.1, 0.15) is 46.4 Å². The first-order valence-electron chi connectivity index (χ1n) is 10.0. The molecule has 1 N–H and O–H groups in total. The normalized spacial score (nSPS) is 12.7. The van der Waals surface area contributed by atoms with Crippen molar-refractivity contribution in [3.8, 4) is 0 Å².